The maximum atomic E-state index is 12.3. The van der Waals surface area contributed by atoms with Crippen LogP contribution >= 0.6 is 0 Å². The Morgan fingerprint density at radius 3 is 2.96 bits per heavy atom. The second-order valence-corrected chi connectivity index (χ2v) is 5.48. The first-order valence-electron chi connectivity index (χ1n) is 7.21. The highest BCUT2D eigenvalue weighted by Crippen LogP contribution is 2.25. The highest BCUT2D eigenvalue weighted by molar-refractivity contribution is 6.04. The smallest absolute Gasteiger partial charge is 0.296 e. The zero-order valence-corrected chi connectivity index (χ0v) is 12.8. The molecule has 2 N–H and O–H groups in total. The summed E-state index contributed by atoms with van der Waals surface area (Å²) in [6, 6.07) is 0. The summed E-state index contributed by atoms with van der Waals surface area (Å²) in [5, 5.41) is 15.9. The number of hydrogen-bond acceptors (Lipinski definition) is 7. The number of hydrogen-bond donors (Lipinski definition) is 2. The molecule has 126 valence electrons. The molecule has 0 spiro atoms. The van der Waals surface area contributed by atoms with Crippen molar-refractivity contribution in [2.75, 3.05) is 18.4 Å². The summed E-state index contributed by atoms with van der Waals surface area (Å²) in [5.74, 6) is -1.33. The third-order valence-corrected chi connectivity index (χ3v) is 3.94. The van der Waals surface area contributed by atoms with Gasteiger partial charge in [-0.05, 0) is 6.42 Å². The molecule has 1 fully saturated rings. The molecule has 3 heterocycles. The van der Waals surface area contributed by atoms with Gasteiger partial charge < -0.3 is 19.8 Å². The largest absolute Gasteiger partial charge is 0.501 e. The van der Waals surface area contributed by atoms with Crippen LogP contribution in [0.3, 0.4) is 0 Å². The average Bonchev–Trinajstić information content (AvgIpc) is 3.24. The number of carbonyl (C=O) groups is 2. The summed E-state index contributed by atoms with van der Waals surface area (Å²) in [5.41, 5.74) is -0.824. The SMILES string of the molecule is Cn1c(C2CCN(C=O)C2)nc(C(=O)Nc2cnoc2)c(O)c1=O. The lowest BCUT2D eigenvalue weighted by molar-refractivity contribution is -0.117. The zero-order chi connectivity index (χ0) is 17.3. The Morgan fingerprint density at radius 2 is 2.33 bits per heavy atom. The van der Waals surface area contributed by atoms with Gasteiger partial charge in [0.25, 0.3) is 11.5 Å². The van der Waals surface area contributed by atoms with Crippen LogP contribution in [0.15, 0.2) is 21.8 Å². The minimum atomic E-state index is -0.750. The highest BCUT2D eigenvalue weighted by Gasteiger charge is 2.29. The minimum Gasteiger partial charge on any atom is -0.501 e. The van der Waals surface area contributed by atoms with E-state index in [-0.39, 0.29) is 17.3 Å². The van der Waals surface area contributed by atoms with Crippen LogP contribution < -0.4 is 10.9 Å². The van der Waals surface area contributed by atoms with Gasteiger partial charge >= 0.3 is 0 Å². The van der Waals surface area contributed by atoms with Crippen LogP contribution in [0.1, 0.15) is 28.7 Å². The number of nitrogens with zero attached hydrogens (tertiary/aromatic N) is 4. The van der Waals surface area contributed by atoms with Crippen LogP contribution in [0.25, 0.3) is 0 Å². The number of rotatable bonds is 4. The normalized spacial score (nSPS) is 17.0. The minimum absolute atomic E-state index is 0.185. The molecule has 1 atom stereocenters. The molecule has 2 aromatic rings. The van der Waals surface area contributed by atoms with Crippen molar-refractivity contribution in [2.24, 2.45) is 7.05 Å². The fraction of sp³-hybridized carbons (Fsp3) is 0.357. The third-order valence-electron chi connectivity index (χ3n) is 3.94. The van der Waals surface area contributed by atoms with Crippen LogP contribution in [-0.4, -0.2) is 50.1 Å². The van der Waals surface area contributed by atoms with Gasteiger partial charge in [0, 0.05) is 26.1 Å². The molecular weight excluding hydrogens is 318 g/mol. The third kappa shape index (κ3) is 2.73. The van der Waals surface area contributed by atoms with Gasteiger partial charge in [-0.3, -0.25) is 19.0 Å². The van der Waals surface area contributed by atoms with Gasteiger partial charge in [-0.2, -0.15) is 0 Å². The number of anilines is 1. The highest BCUT2D eigenvalue weighted by atomic mass is 16.5. The van der Waals surface area contributed by atoms with E-state index in [1.807, 2.05) is 0 Å². The molecule has 1 aliphatic heterocycles. The Kier molecular flexibility index (Phi) is 4.02. The van der Waals surface area contributed by atoms with Crippen molar-refractivity contribution in [3.8, 4) is 5.75 Å². The van der Waals surface area contributed by atoms with Gasteiger partial charge in [0.05, 0.1) is 6.20 Å². The number of likely N-dealkylation sites (tertiary alicyclic amines) is 1. The number of amides is 2. The number of nitrogens with one attached hydrogen (secondary N) is 1. The molecule has 1 unspecified atom stereocenters. The van der Waals surface area contributed by atoms with Gasteiger partial charge in [0.15, 0.2) is 5.69 Å². The molecular formula is C14H15N5O5. The lowest BCUT2D eigenvalue weighted by Gasteiger charge is -2.15. The molecule has 2 amide bonds. The van der Waals surface area contributed by atoms with E-state index < -0.39 is 17.2 Å². The first-order valence-corrected chi connectivity index (χ1v) is 7.21. The molecule has 2 aromatic heterocycles. The molecule has 1 saturated heterocycles. The Balaban J connectivity index is 1.96. The lowest BCUT2D eigenvalue weighted by atomic mass is 10.1. The molecule has 3 rings (SSSR count). The molecule has 0 aromatic carbocycles. The monoisotopic (exact) mass is 333 g/mol. The molecule has 10 heteroatoms. The van der Waals surface area contributed by atoms with E-state index in [2.05, 4.69) is 20.0 Å². The summed E-state index contributed by atoms with van der Waals surface area (Å²) < 4.78 is 5.80. The predicted molar refractivity (Wildman–Crippen MR) is 80.6 cm³/mol. The predicted octanol–water partition coefficient (Wildman–Crippen LogP) is -0.328. The number of carbonyl (C=O) groups excluding carboxylic acids is 2. The van der Waals surface area contributed by atoms with Crippen LogP contribution in [0.5, 0.6) is 5.75 Å². The van der Waals surface area contributed by atoms with E-state index in [9.17, 15) is 19.5 Å². The quantitative estimate of drug-likeness (QED) is 0.733. The first-order chi connectivity index (χ1) is 11.5. The van der Waals surface area contributed by atoms with Crippen molar-refractivity contribution in [1.82, 2.24) is 19.6 Å². The summed E-state index contributed by atoms with van der Waals surface area (Å²) in [7, 11) is 1.47. The van der Waals surface area contributed by atoms with E-state index in [0.29, 0.717) is 25.3 Å². The van der Waals surface area contributed by atoms with Crippen molar-refractivity contribution in [3.63, 3.8) is 0 Å². The summed E-state index contributed by atoms with van der Waals surface area (Å²) in [6.07, 6.45) is 3.83. The number of aromatic nitrogens is 3. The van der Waals surface area contributed by atoms with Crippen molar-refractivity contribution in [3.05, 3.63) is 34.3 Å². The second kappa shape index (κ2) is 6.14. The molecule has 1 aliphatic rings. The van der Waals surface area contributed by atoms with Crippen molar-refractivity contribution in [1.29, 1.82) is 0 Å². The van der Waals surface area contributed by atoms with Gasteiger partial charge in [0.2, 0.25) is 12.2 Å². The van der Waals surface area contributed by atoms with Crippen LogP contribution in [-0.2, 0) is 11.8 Å². The molecule has 0 saturated carbocycles. The first kappa shape index (κ1) is 15.7. The Morgan fingerprint density at radius 1 is 1.54 bits per heavy atom. The fourth-order valence-corrected chi connectivity index (χ4v) is 2.68. The summed E-state index contributed by atoms with van der Waals surface area (Å²) in [6.45, 7) is 0.953. The zero-order valence-electron chi connectivity index (χ0n) is 12.8. The van der Waals surface area contributed by atoms with E-state index in [0.717, 1.165) is 6.41 Å². The average molecular weight is 333 g/mol. The molecule has 10 nitrogen and oxygen atoms in total. The topological polar surface area (TPSA) is 131 Å². The standard InChI is InChI=1S/C14H15N5O5/c1-18-12(8-2-3-19(5-8)7-20)17-10(11(21)14(18)23)13(22)16-9-4-15-24-6-9/h4,6-8,21H,2-3,5H2,1H3,(H,16,22). The van der Waals surface area contributed by atoms with Crippen molar-refractivity contribution >= 4 is 18.0 Å². The maximum Gasteiger partial charge on any atom is 0.296 e. The maximum absolute atomic E-state index is 12.3. The van der Waals surface area contributed by atoms with E-state index in [1.165, 1.54) is 24.1 Å². The van der Waals surface area contributed by atoms with Crippen LogP contribution in [0.2, 0.25) is 0 Å². The number of aromatic hydroxyl groups is 1. The molecule has 0 radical (unpaired) electrons. The molecule has 24 heavy (non-hydrogen) atoms. The van der Waals surface area contributed by atoms with Crippen molar-refractivity contribution in [2.45, 2.75) is 12.3 Å². The Hall–Kier alpha value is -3.17. The molecule has 0 bridgehead atoms. The van der Waals surface area contributed by atoms with Crippen LogP contribution in [0, 0.1) is 0 Å². The van der Waals surface area contributed by atoms with Crippen molar-refractivity contribution < 1.29 is 19.2 Å². The molecule has 0 aliphatic carbocycles. The van der Waals surface area contributed by atoms with Crippen LogP contribution in [0.4, 0.5) is 5.69 Å². The van der Waals surface area contributed by atoms with Gasteiger partial charge in [-0.15, -0.1) is 0 Å². The lowest BCUT2D eigenvalue weighted by Crippen LogP contribution is -2.29. The van der Waals surface area contributed by atoms with E-state index >= 15 is 0 Å². The van der Waals surface area contributed by atoms with E-state index in [4.69, 9.17) is 0 Å². The summed E-state index contributed by atoms with van der Waals surface area (Å²) >= 11 is 0. The second-order valence-electron chi connectivity index (χ2n) is 5.48. The Bertz CT molecular complexity index is 829. The van der Waals surface area contributed by atoms with E-state index in [1.54, 1.807) is 4.90 Å². The summed E-state index contributed by atoms with van der Waals surface area (Å²) in [4.78, 5) is 41.1. The fourth-order valence-electron chi connectivity index (χ4n) is 2.68. The van der Waals surface area contributed by atoms with Gasteiger partial charge in [0.1, 0.15) is 17.8 Å². The Labute approximate surface area is 135 Å². The van der Waals surface area contributed by atoms with Gasteiger partial charge in [-0.1, -0.05) is 5.16 Å². The van der Waals surface area contributed by atoms with Gasteiger partial charge in [-0.25, -0.2) is 4.98 Å².